The summed E-state index contributed by atoms with van der Waals surface area (Å²) in [6.07, 6.45) is 5.88. The molecular weight excluding hydrogens is 448 g/mol. The van der Waals surface area contributed by atoms with Crippen molar-refractivity contribution < 1.29 is 9.47 Å². The van der Waals surface area contributed by atoms with Crippen molar-refractivity contribution in [3.63, 3.8) is 0 Å². The number of hydrogen-bond donors (Lipinski definition) is 3. The highest BCUT2D eigenvalue weighted by atomic mass is 16.5. The Morgan fingerprint density at radius 3 is 2.74 bits per heavy atom. The summed E-state index contributed by atoms with van der Waals surface area (Å²) in [6.45, 7) is 2.96. The molecule has 0 spiro atoms. The number of fused-ring (bicyclic) bond motifs is 2. The zero-order valence-electron chi connectivity index (χ0n) is 19.7. The number of benzene rings is 1. The summed E-state index contributed by atoms with van der Waals surface area (Å²) in [5.74, 6) is 1.74. The summed E-state index contributed by atoms with van der Waals surface area (Å²) in [5.41, 5.74) is 3.36. The van der Waals surface area contributed by atoms with Gasteiger partial charge in [0.15, 0.2) is 0 Å². The molecule has 5 rings (SSSR count). The fourth-order valence-corrected chi connectivity index (χ4v) is 4.00. The van der Waals surface area contributed by atoms with Crippen LogP contribution in [0.15, 0.2) is 47.7 Å². The molecule has 0 aliphatic heterocycles. The average molecular weight is 475 g/mol. The molecule has 0 saturated heterocycles. The molecule has 11 heteroatoms. The van der Waals surface area contributed by atoms with Crippen LogP contribution in [0.4, 0.5) is 5.69 Å². The highest BCUT2D eigenvalue weighted by molar-refractivity contribution is 5.96. The molecule has 0 radical (unpaired) electrons. The SMILES string of the molecule is CCC(Nc1c(-c2nc3ccc(OCCOC)cc3[nH]2)c(=O)[nH]c2cn(C)nc12)c1ncccn1. The Hall–Kier alpha value is -4.25. The second-order valence-electron chi connectivity index (χ2n) is 8.09. The Morgan fingerprint density at radius 1 is 1.14 bits per heavy atom. The topological polar surface area (TPSA) is 136 Å². The van der Waals surface area contributed by atoms with Gasteiger partial charge in [0.1, 0.15) is 35.1 Å². The third-order valence-electron chi connectivity index (χ3n) is 5.66. The van der Waals surface area contributed by atoms with E-state index in [-0.39, 0.29) is 11.6 Å². The molecule has 0 fully saturated rings. The van der Waals surface area contributed by atoms with E-state index in [0.29, 0.717) is 64.8 Å². The van der Waals surface area contributed by atoms with E-state index in [2.05, 4.69) is 30.4 Å². The molecule has 4 aromatic heterocycles. The van der Waals surface area contributed by atoms with Crippen LogP contribution in [-0.2, 0) is 11.8 Å². The third-order valence-corrected chi connectivity index (χ3v) is 5.66. The normalized spacial score (nSPS) is 12.3. The second-order valence-corrected chi connectivity index (χ2v) is 8.09. The standard InChI is InChI=1S/C24H26N8O3/c1-4-15(22-25-8-5-9-26-22)27-21-19(24(33)30-18-13-32(2)31-20(18)21)23-28-16-7-6-14(12-17(16)29-23)35-11-10-34-3/h5-9,12-13,15,27H,4,10-11H2,1-3H3,(H,28,29)(H,30,33). The first-order chi connectivity index (χ1) is 17.1. The van der Waals surface area contributed by atoms with Crippen LogP contribution in [0.1, 0.15) is 25.2 Å². The lowest BCUT2D eigenvalue weighted by atomic mass is 10.1. The zero-order valence-corrected chi connectivity index (χ0v) is 19.7. The lowest BCUT2D eigenvalue weighted by Gasteiger charge is -2.18. The number of nitrogens with one attached hydrogen (secondary N) is 3. The Bertz CT molecular complexity index is 1520. The lowest BCUT2D eigenvalue weighted by molar-refractivity contribution is 0.146. The molecule has 1 aromatic carbocycles. The van der Waals surface area contributed by atoms with E-state index in [0.717, 1.165) is 5.52 Å². The van der Waals surface area contributed by atoms with Crippen molar-refractivity contribution in [3.8, 4) is 17.1 Å². The van der Waals surface area contributed by atoms with Crippen molar-refractivity contribution in [1.82, 2.24) is 34.7 Å². The number of nitrogens with zero attached hydrogens (tertiary/aromatic N) is 5. The van der Waals surface area contributed by atoms with Crippen LogP contribution in [0.5, 0.6) is 5.75 Å². The smallest absolute Gasteiger partial charge is 0.261 e. The van der Waals surface area contributed by atoms with Gasteiger partial charge in [-0.25, -0.2) is 15.0 Å². The third kappa shape index (κ3) is 4.45. The van der Waals surface area contributed by atoms with Crippen molar-refractivity contribution in [3.05, 3.63) is 59.0 Å². The predicted molar refractivity (Wildman–Crippen MR) is 132 cm³/mol. The summed E-state index contributed by atoms with van der Waals surface area (Å²) < 4.78 is 12.4. The van der Waals surface area contributed by atoms with Crippen LogP contribution < -0.4 is 15.6 Å². The number of anilines is 1. The molecule has 4 heterocycles. The molecule has 1 atom stereocenters. The Labute approximate surface area is 200 Å². The Kier molecular flexibility index (Phi) is 6.15. The van der Waals surface area contributed by atoms with Gasteiger partial charge in [0.05, 0.1) is 34.9 Å². The molecule has 35 heavy (non-hydrogen) atoms. The monoisotopic (exact) mass is 474 g/mol. The molecule has 0 amide bonds. The van der Waals surface area contributed by atoms with Crippen LogP contribution in [0.25, 0.3) is 33.5 Å². The highest BCUT2D eigenvalue weighted by Gasteiger charge is 2.23. The molecule has 0 aliphatic rings. The fraction of sp³-hybridized carbons (Fsp3) is 0.292. The fourth-order valence-electron chi connectivity index (χ4n) is 4.00. The Balaban J connectivity index is 1.62. The van der Waals surface area contributed by atoms with E-state index >= 15 is 0 Å². The summed E-state index contributed by atoms with van der Waals surface area (Å²) >= 11 is 0. The maximum atomic E-state index is 13.3. The highest BCUT2D eigenvalue weighted by Crippen LogP contribution is 2.33. The predicted octanol–water partition coefficient (Wildman–Crippen LogP) is 3.18. The number of ether oxygens (including phenoxy) is 2. The van der Waals surface area contributed by atoms with E-state index in [1.54, 1.807) is 36.4 Å². The van der Waals surface area contributed by atoms with Crippen molar-refractivity contribution >= 4 is 27.8 Å². The van der Waals surface area contributed by atoms with Crippen LogP contribution >= 0.6 is 0 Å². The molecule has 0 aliphatic carbocycles. The average Bonchev–Trinajstić information content (AvgIpc) is 3.44. The first kappa shape index (κ1) is 22.5. The van der Waals surface area contributed by atoms with Crippen molar-refractivity contribution in [2.24, 2.45) is 7.05 Å². The van der Waals surface area contributed by atoms with E-state index < -0.39 is 0 Å². The van der Waals surface area contributed by atoms with Gasteiger partial charge in [-0.2, -0.15) is 5.10 Å². The molecule has 0 bridgehead atoms. The minimum atomic E-state index is -0.285. The zero-order chi connectivity index (χ0) is 24.4. The largest absolute Gasteiger partial charge is 0.491 e. The second kappa shape index (κ2) is 9.55. The van der Waals surface area contributed by atoms with Crippen LogP contribution in [0.3, 0.4) is 0 Å². The number of pyridine rings is 1. The summed E-state index contributed by atoms with van der Waals surface area (Å²) in [6, 6.07) is 7.09. The van der Waals surface area contributed by atoms with E-state index in [9.17, 15) is 4.79 Å². The van der Waals surface area contributed by atoms with Gasteiger partial charge >= 0.3 is 0 Å². The molecule has 1 unspecified atom stereocenters. The van der Waals surface area contributed by atoms with Gasteiger partial charge in [-0.3, -0.25) is 9.48 Å². The quantitative estimate of drug-likeness (QED) is 0.277. The summed E-state index contributed by atoms with van der Waals surface area (Å²) in [7, 11) is 3.44. The molecule has 5 aromatic rings. The van der Waals surface area contributed by atoms with Gasteiger partial charge in [-0.05, 0) is 24.6 Å². The number of hydrogen-bond acceptors (Lipinski definition) is 8. The molecular formula is C24H26N8O3. The van der Waals surface area contributed by atoms with Gasteiger partial charge in [-0.15, -0.1) is 0 Å². The van der Waals surface area contributed by atoms with Gasteiger partial charge in [0.2, 0.25) is 0 Å². The number of aromatic nitrogens is 7. The Morgan fingerprint density at radius 2 is 1.97 bits per heavy atom. The van der Waals surface area contributed by atoms with Crippen LogP contribution in [0, 0.1) is 0 Å². The molecule has 11 nitrogen and oxygen atoms in total. The van der Waals surface area contributed by atoms with Gasteiger partial charge in [-0.1, -0.05) is 6.92 Å². The maximum absolute atomic E-state index is 13.3. The van der Waals surface area contributed by atoms with Crippen LogP contribution in [-0.4, -0.2) is 55.0 Å². The van der Waals surface area contributed by atoms with Crippen molar-refractivity contribution in [2.45, 2.75) is 19.4 Å². The van der Waals surface area contributed by atoms with Crippen molar-refractivity contribution in [1.29, 1.82) is 0 Å². The van der Waals surface area contributed by atoms with E-state index in [4.69, 9.17) is 14.5 Å². The van der Waals surface area contributed by atoms with Gasteiger partial charge in [0, 0.05) is 38.8 Å². The van der Waals surface area contributed by atoms with Gasteiger partial charge in [0.25, 0.3) is 5.56 Å². The first-order valence-corrected chi connectivity index (χ1v) is 11.3. The summed E-state index contributed by atoms with van der Waals surface area (Å²) in [4.78, 5) is 33.0. The van der Waals surface area contributed by atoms with E-state index in [1.165, 1.54) is 0 Å². The van der Waals surface area contributed by atoms with Gasteiger partial charge < -0.3 is 24.8 Å². The first-order valence-electron chi connectivity index (χ1n) is 11.3. The number of imidazole rings is 1. The summed E-state index contributed by atoms with van der Waals surface area (Å²) in [5, 5.41) is 8.08. The number of aromatic amines is 2. The van der Waals surface area contributed by atoms with E-state index in [1.807, 2.05) is 32.2 Å². The maximum Gasteiger partial charge on any atom is 0.261 e. The molecule has 0 saturated carbocycles. The van der Waals surface area contributed by atoms with Crippen LogP contribution in [0.2, 0.25) is 0 Å². The number of methoxy groups -OCH3 is 1. The number of aryl methyl sites for hydroxylation is 1. The van der Waals surface area contributed by atoms with Crippen molar-refractivity contribution in [2.75, 3.05) is 25.6 Å². The minimum absolute atomic E-state index is 0.230. The molecule has 180 valence electrons. The number of H-pyrrole nitrogens is 2. The molecule has 3 N–H and O–H groups in total. The number of rotatable bonds is 9. The lowest BCUT2D eigenvalue weighted by Crippen LogP contribution is -2.18. The minimum Gasteiger partial charge on any atom is -0.491 e.